The van der Waals surface area contributed by atoms with E-state index in [1.807, 2.05) is 0 Å². The molecule has 0 saturated heterocycles. The van der Waals surface area contributed by atoms with Crippen molar-refractivity contribution in [2.75, 3.05) is 6.54 Å². The molecule has 0 aromatic carbocycles. The van der Waals surface area contributed by atoms with Gasteiger partial charge in [-0.3, -0.25) is 4.79 Å². The molecule has 0 amide bonds. The van der Waals surface area contributed by atoms with E-state index in [0.29, 0.717) is 13.0 Å². The molecule has 1 rings (SSSR count). The summed E-state index contributed by atoms with van der Waals surface area (Å²) in [7, 11) is 2.11. The standard InChI is InChI=1S/C10H21BN2O2/c11-3-1-2-8-4-7(6-12)5-10(8,13)9(14)15/h7-8H,1-6,11-13H2,(H,14,15)/t7-,8+,10+/m1/s1. The summed E-state index contributed by atoms with van der Waals surface area (Å²) in [4.78, 5) is 11.2. The maximum atomic E-state index is 11.2. The molecule has 0 bridgehead atoms. The molecule has 3 atom stereocenters. The molecular weight excluding hydrogens is 191 g/mol. The molecule has 5 N–H and O–H groups in total. The lowest BCUT2D eigenvalue weighted by molar-refractivity contribution is -0.145. The van der Waals surface area contributed by atoms with Gasteiger partial charge in [0.1, 0.15) is 13.4 Å². The van der Waals surface area contributed by atoms with Gasteiger partial charge in [0, 0.05) is 0 Å². The van der Waals surface area contributed by atoms with Crippen molar-refractivity contribution in [3.63, 3.8) is 0 Å². The van der Waals surface area contributed by atoms with Crippen molar-refractivity contribution in [1.29, 1.82) is 0 Å². The maximum Gasteiger partial charge on any atom is 0.323 e. The lowest BCUT2D eigenvalue weighted by Crippen LogP contribution is -2.51. The van der Waals surface area contributed by atoms with Crippen molar-refractivity contribution < 1.29 is 9.90 Å². The molecule has 0 unspecified atom stereocenters. The van der Waals surface area contributed by atoms with E-state index >= 15 is 0 Å². The predicted molar refractivity (Wildman–Crippen MR) is 62.4 cm³/mol. The van der Waals surface area contributed by atoms with E-state index in [1.54, 1.807) is 0 Å². The summed E-state index contributed by atoms with van der Waals surface area (Å²) < 4.78 is 0. The third-order valence-electron chi connectivity index (χ3n) is 3.61. The fourth-order valence-corrected chi connectivity index (χ4v) is 2.61. The van der Waals surface area contributed by atoms with Crippen LogP contribution in [0.4, 0.5) is 0 Å². The van der Waals surface area contributed by atoms with Crippen LogP contribution in [0.5, 0.6) is 0 Å². The molecule has 1 aliphatic rings. The summed E-state index contributed by atoms with van der Waals surface area (Å²) in [6.07, 6.45) is 4.45. The highest BCUT2D eigenvalue weighted by molar-refractivity contribution is 6.08. The zero-order valence-electron chi connectivity index (χ0n) is 9.41. The number of nitrogens with two attached hydrogens (primary N) is 2. The van der Waals surface area contributed by atoms with Gasteiger partial charge in [0.2, 0.25) is 0 Å². The van der Waals surface area contributed by atoms with E-state index in [-0.39, 0.29) is 11.8 Å². The molecule has 0 aromatic rings. The summed E-state index contributed by atoms with van der Waals surface area (Å²) in [6, 6.07) is 0. The monoisotopic (exact) mass is 212 g/mol. The number of carboxylic acid groups (broad SMARTS) is 1. The molecule has 4 nitrogen and oxygen atoms in total. The Bertz CT molecular complexity index is 237. The van der Waals surface area contributed by atoms with Gasteiger partial charge < -0.3 is 16.6 Å². The van der Waals surface area contributed by atoms with Gasteiger partial charge in [-0.2, -0.15) is 0 Å². The third-order valence-corrected chi connectivity index (χ3v) is 3.61. The number of carbonyl (C=O) groups is 1. The first-order chi connectivity index (χ1) is 7.04. The number of hydrogen-bond acceptors (Lipinski definition) is 3. The SMILES string of the molecule is BCCC[C@H]1C[C@@H](CN)C[C@@]1(N)C(=O)O. The Labute approximate surface area is 91.8 Å². The summed E-state index contributed by atoms with van der Waals surface area (Å²) >= 11 is 0. The second-order valence-corrected chi connectivity index (χ2v) is 4.73. The van der Waals surface area contributed by atoms with Crippen molar-refractivity contribution in [2.45, 2.75) is 37.5 Å². The fraction of sp³-hybridized carbons (Fsp3) is 0.900. The molecule has 0 aromatic heterocycles. The molecular formula is C10H21BN2O2. The topological polar surface area (TPSA) is 89.3 Å². The smallest absolute Gasteiger partial charge is 0.323 e. The van der Waals surface area contributed by atoms with Crippen LogP contribution < -0.4 is 11.5 Å². The molecule has 1 aliphatic carbocycles. The average Bonchev–Trinajstić information content (AvgIpc) is 2.54. The van der Waals surface area contributed by atoms with E-state index in [9.17, 15) is 9.90 Å². The van der Waals surface area contributed by atoms with Gasteiger partial charge in [0.15, 0.2) is 0 Å². The Kier molecular flexibility index (Phi) is 4.17. The first kappa shape index (κ1) is 12.5. The van der Waals surface area contributed by atoms with Crippen LogP contribution in [0.3, 0.4) is 0 Å². The largest absolute Gasteiger partial charge is 0.480 e. The average molecular weight is 212 g/mol. The zero-order valence-corrected chi connectivity index (χ0v) is 9.41. The van der Waals surface area contributed by atoms with Crippen molar-refractivity contribution in [3.05, 3.63) is 0 Å². The van der Waals surface area contributed by atoms with Gasteiger partial charge >= 0.3 is 5.97 Å². The van der Waals surface area contributed by atoms with Crippen molar-refractivity contribution in [1.82, 2.24) is 0 Å². The minimum Gasteiger partial charge on any atom is -0.480 e. The third kappa shape index (κ3) is 2.52. The molecule has 15 heavy (non-hydrogen) atoms. The van der Waals surface area contributed by atoms with Gasteiger partial charge in [0.05, 0.1) is 0 Å². The summed E-state index contributed by atoms with van der Waals surface area (Å²) in [5.41, 5.74) is 10.6. The summed E-state index contributed by atoms with van der Waals surface area (Å²) in [6.45, 7) is 0.550. The number of rotatable bonds is 5. The highest BCUT2D eigenvalue weighted by Gasteiger charge is 2.49. The Morgan fingerprint density at radius 2 is 2.27 bits per heavy atom. The molecule has 5 heteroatoms. The van der Waals surface area contributed by atoms with Crippen LogP contribution >= 0.6 is 0 Å². The van der Waals surface area contributed by atoms with Crippen LogP contribution in [0, 0.1) is 11.8 Å². The first-order valence-corrected chi connectivity index (χ1v) is 5.77. The molecule has 1 saturated carbocycles. The van der Waals surface area contributed by atoms with E-state index in [4.69, 9.17) is 11.5 Å². The lowest BCUT2D eigenvalue weighted by Gasteiger charge is -2.26. The van der Waals surface area contributed by atoms with Crippen molar-refractivity contribution in [3.8, 4) is 0 Å². The quantitative estimate of drug-likeness (QED) is 0.540. The highest BCUT2D eigenvalue weighted by atomic mass is 16.4. The summed E-state index contributed by atoms with van der Waals surface area (Å²) in [5.74, 6) is -0.476. The van der Waals surface area contributed by atoms with Gasteiger partial charge in [-0.15, -0.1) is 0 Å². The molecule has 1 fully saturated rings. The first-order valence-electron chi connectivity index (χ1n) is 5.77. The number of aliphatic carboxylic acids is 1. The molecule has 0 heterocycles. The molecule has 0 radical (unpaired) electrons. The summed E-state index contributed by atoms with van der Waals surface area (Å²) in [5, 5.41) is 9.19. The zero-order chi connectivity index (χ0) is 11.5. The molecule has 0 spiro atoms. The van der Waals surface area contributed by atoms with Crippen molar-refractivity contribution >= 4 is 13.8 Å². The van der Waals surface area contributed by atoms with Crippen LogP contribution in [0.1, 0.15) is 25.7 Å². The van der Waals surface area contributed by atoms with Gasteiger partial charge in [0.25, 0.3) is 0 Å². The van der Waals surface area contributed by atoms with E-state index in [0.717, 1.165) is 25.6 Å². The lowest BCUT2D eigenvalue weighted by atomic mass is 9.83. The van der Waals surface area contributed by atoms with Crippen LogP contribution in [-0.4, -0.2) is 31.0 Å². The van der Waals surface area contributed by atoms with Crippen molar-refractivity contribution in [2.24, 2.45) is 23.3 Å². The van der Waals surface area contributed by atoms with Crippen LogP contribution in [0.2, 0.25) is 6.32 Å². The normalized spacial score (nSPS) is 35.6. The molecule has 86 valence electrons. The number of carboxylic acids is 1. The minimum absolute atomic E-state index is 0.100. The van der Waals surface area contributed by atoms with Crippen LogP contribution in [-0.2, 0) is 4.79 Å². The second-order valence-electron chi connectivity index (χ2n) is 4.73. The Hall–Kier alpha value is -0.545. The van der Waals surface area contributed by atoms with Gasteiger partial charge in [-0.25, -0.2) is 0 Å². The van der Waals surface area contributed by atoms with E-state index < -0.39 is 11.5 Å². The molecule has 0 aliphatic heterocycles. The van der Waals surface area contributed by atoms with Crippen LogP contribution in [0.25, 0.3) is 0 Å². The van der Waals surface area contributed by atoms with Gasteiger partial charge in [-0.1, -0.05) is 12.7 Å². The highest BCUT2D eigenvalue weighted by Crippen LogP contribution is 2.40. The number of hydrogen-bond donors (Lipinski definition) is 3. The second kappa shape index (κ2) is 4.99. The van der Waals surface area contributed by atoms with E-state index in [1.165, 1.54) is 0 Å². The van der Waals surface area contributed by atoms with Gasteiger partial charge in [-0.05, 0) is 37.6 Å². The maximum absolute atomic E-state index is 11.2. The predicted octanol–water partition coefficient (Wildman–Crippen LogP) is -0.415. The minimum atomic E-state index is -1.03. The van der Waals surface area contributed by atoms with E-state index in [2.05, 4.69) is 7.85 Å². The Morgan fingerprint density at radius 3 is 2.73 bits per heavy atom. The van der Waals surface area contributed by atoms with Crippen LogP contribution in [0.15, 0.2) is 0 Å². The fourth-order valence-electron chi connectivity index (χ4n) is 2.61. The Morgan fingerprint density at radius 1 is 1.60 bits per heavy atom. The Balaban J connectivity index is 2.69.